The Bertz CT molecular complexity index is 196. The molecule has 0 aromatic heterocycles. The summed E-state index contributed by atoms with van der Waals surface area (Å²) in [5.74, 6) is 2.57. The van der Waals surface area contributed by atoms with Crippen molar-refractivity contribution in [1.29, 1.82) is 0 Å². The van der Waals surface area contributed by atoms with Crippen LogP contribution in [0.1, 0.15) is 13.8 Å². The fraction of sp³-hybridized carbons (Fsp3) is 0.889. The van der Waals surface area contributed by atoms with E-state index in [0.717, 1.165) is 19.0 Å². The van der Waals surface area contributed by atoms with Crippen molar-refractivity contribution in [1.82, 2.24) is 4.90 Å². The molecule has 1 saturated heterocycles. The number of guanidine groups is 1. The third-order valence-corrected chi connectivity index (χ3v) is 3.93. The summed E-state index contributed by atoms with van der Waals surface area (Å²) in [5.41, 5.74) is 5.78. The summed E-state index contributed by atoms with van der Waals surface area (Å²) in [5, 5.41) is 0.703. The first kappa shape index (κ1) is 14.3. The van der Waals surface area contributed by atoms with Gasteiger partial charge in [-0.3, -0.25) is 4.99 Å². The molecule has 1 heterocycles. The zero-order valence-corrected chi connectivity index (χ0v) is 12.2. The highest BCUT2D eigenvalue weighted by molar-refractivity contribution is 14.0. The summed E-state index contributed by atoms with van der Waals surface area (Å²) in [6.07, 6.45) is 0. The molecule has 0 aromatic carbocycles. The van der Waals surface area contributed by atoms with Gasteiger partial charge in [-0.25, -0.2) is 0 Å². The highest BCUT2D eigenvalue weighted by Gasteiger charge is 2.23. The van der Waals surface area contributed by atoms with Crippen molar-refractivity contribution in [2.45, 2.75) is 19.1 Å². The maximum atomic E-state index is 5.78. The van der Waals surface area contributed by atoms with Gasteiger partial charge in [-0.2, -0.15) is 11.8 Å². The van der Waals surface area contributed by atoms with E-state index in [0.29, 0.717) is 11.2 Å². The second kappa shape index (κ2) is 6.76. The molecule has 0 amide bonds. The number of hydrogen-bond acceptors (Lipinski definition) is 2. The molecule has 0 radical (unpaired) electrons. The normalized spacial score (nSPS) is 23.6. The number of aliphatic imine (C=N–C) groups is 1. The molecule has 3 nitrogen and oxygen atoms in total. The van der Waals surface area contributed by atoms with Gasteiger partial charge in [-0.15, -0.1) is 24.0 Å². The lowest BCUT2D eigenvalue weighted by atomic mass is 10.1. The van der Waals surface area contributed by atoms with Gasteiger partial charge in [0.05, 0.1) is 0 Å². The minimum atomic E-state index is 0. The van der Waals surface area contributed by atoms with Gasteiger partial charge >= 0.3 is 0 Å². The quantitative estimate of drug-likeness (QED) is 0.452. The fourth-order valence-electron chi connectivity index (χ4n) is 1.43. The molecular formula is C9H20IN3S. The number of hydrogen-bond donors (Lipinski definition) is 1. The molecule has 1 atom stereocenters. The molecule has 1 aliphatic heterocycles. The van der Waals surface area contributed by atoms with Gasteiger partial charge in [-0.05, 0) is 5.92 Å². The first-order chi connectivity index (χ1) is 6.15. The van der Waals surface area contributed by atoms with Crippen molar-refractivity contribution in [2.75, 3.05) is 25.9 Å². The summed E-state index contributed by atoms with van der Waals surface area (Å²) < 4.78 is 0. The van der Waals surface area contributed by atoms with Crippen molar-refractivity contribution >= 4 is 41.7 Å². The van der Waals surface area contributed by atoms with Crippen LogP contribution >= 0.6 is 35.7 Å². The first-order valence-corrected chi connectivity index (χ1v) is 5.78. The molecule has 2 N–H and O–H groups in total. The maximum absolute atomic E-state index is 5.78. The molecule has 1 aliphatic rings. The fourth-order valence-corrected chi connectivity index (χ4v) is 2.73. The van der Waals surface area contributed by atoms with E-state index < -0.39 is 0 Å². The van der Waals surface area contributed by atoms with Crippen molar-refractivity contribution < 1.29 is 0 Å². The minimum Gasteiger partial charge on any atom is -0.370 e. The molecule has 0 bridgehead atoms. The Morgan fingerprint density at radius 3 is 2.71 bits per heavy atom. The summed E-state index contributed by atoms with van der Waals surface area (Å²) in [6, 6.07) is 0. The average Bonchev–Trinajstić information content (AvgIpc) is 2.17. The highest BCUT2D eigenvalue weighted by atomic mass is 127. The molecular weight excluding hydrogens is 309 g/mol. The predicted octanol–water partition coefficient (Wildman–Crippen LogP) is 1.62. The number of halogens is 1. The Morgan fingerprint density at radius 1 is 1.57 bits per heavy atom. The van der Waals surface area contributed by atoms with E-state index in [1.54, 1.807) is 7.05 Å². The maximum Gasteiger partial charge on any atom is 0.191 e. The molecule has 1 rings (SSSR count). The molecule has 1 fully saturated rings. The predicted molar refractivity (Wildman–Crippen MR) is 75.6 cm³/mol. The molecule has 1 unspecified atom stereocenters. The second-order valence-electron chi connectivity index (χ2n) is 3.68. The van der Waals surface area contributed by atoms with E-state index in [4.69, 9.17) is 5.73 Å². The Balaban J connectivity index is 0.00000169. The van der Waals surface area contributed by atoms with Crippen LogP contribution in [0.4, 0.5) is 0 Å². The van der Waals surface area contributed by atoms with Crippen LogP contribution in [0.2, 0.25) is 0 Å². The number of nitrogens with zero attached hydrogens (tertiary/aromatic N) is 2. The van der Waals surface area contributed by atoms with Gasteiger partial charge in [0.1, 0.15) is 0 Å². The van der Waals surface area contributed by atoms with E-state index in [1.807, 2.05) is 0 Å². The lowest BCUT2D eigenvalue weighted by Crippen LogP contribution is -2.46. The molecule has 0 aromatic rings. The van der Waals surface area contributed by atoms with Crippen LogP contribution < -0.4 is 5.73 Å². The largest absolute Gasteiger partial charge is 0.370 e. The Kier molecular flexibility index (Phi) is 6.93. The van der Waals surface area contributed by atoms with Gasteiger partial charge in [0.2, 0.25) is 0 Å². The number of rotatable bonds is 1. The van der Waals surface area contributed by atoms with E-state index in [1.165, 1.54) is 5.75 Å². The van der Waals surface area contributed by atoms with Gasteiger partial charge < -0.3 is 10.6 Å². The zero-order chi connectivity index (χ0) is 9.84. The second-order valence-corrected chi connectivity index (χ2v) is 5.03. The summed E-state index contributed by atoms with van der Waals surface area (Å²) in [6.45, 7) is 6.61. The Hall–Kier alpha value is 0.350. The van der Waals surface area contributed by atoms with E-state index in [9.17, 15) is 0 Å². The highest BCUT2D eigenvalue weighted by Crippen LogP contribution is 2.24. The van der Waals surface area contributed by atoms with Gasteiger partial charge in [0.15, 0.2) is 5.96 Å². The number of thioether (sulfide) groups is 1. The molecule has 0 saturated carbocycles. The summed E-state index contributed by atoms with van der Waals surface area (Å²) in [7, 11) is 1.75. The third kappa shape index (κ3) is 3.84. The van der Waals surface area contributed by atoms with E-state index >= 15 is 0 Å². The van der Waals surface area contributed by atoms with Crippen LogP contribution in [0.25, 0.3) is 0 Å². The molecule has 14 heavy (non-hydrogen) atoms. The molecule has 0 spiro atoms. The third-order valence-electron chi connectivity index (χ3n) is 2.39. The Morgan fingerprint density at radius 2 is 2.21 bits per heavy atom. The lowest BCUT2D eigenvalue weighted by molar-refractivity contribution is 0.389. The van der Waals surface area contributed by atoms with Crippen LogP contribution in [-0.4, -0.2) is 42.0 Å². The van der Waals surface area contributed by atoms with Crippen molar-refractivity contribution in [3.63, 3.8) is 0 Å². The van der Waals surface area contributed by atoms with Gasteiger partial charge in [0, 0.05) is 31.1 Å². The molecule has 84 valence electrons. The number of nitrogens with two attached hydrogens (primary N) is 1. The zero-order valence-electron chi connectivity index (χ0n) is 9.06. The van der Waals surface area contributed by atoms with Gasteiger partial charge in [0.25, 0.3) is 0 Å². The summed E-state index contributed by atoms with van der Waals surface area (Å²) in [4.78, 5) is 6.20. The topological polar surface area (TPSA) is 41.6 Å². The van der Waals surface area contributed by atoms with Gasteiger partial charge in [-0.1, -0.05) is 13.8 Å². The van der Waals surface area contributed by atoms with Crippen molar-refractivity contribution in [2.24, 2.45) is 16.6 Å². The van der Waals surface area contributed by atoms with Crippen LogP contribution in [0, 0.1) is 5.92 Å². The Labute approximate surface area is 108 Å². The average molecular weight is 329 g/mol. The van der Waals surface area contributed by atoms with Crippen LogP contribution in [0.3, 0.4) is 0 Å². The molecule has 0 aliphatic carbocycles. The molecule has 5 heteroatoms. The lowest BCUT2D eigenvalue weighted by Gasteiger charge is -2.34. The van der Waals surface area contributed by atoms with E-state index in [-0.39, 0.29) is 24.0 Å². The summed E-state index contributed by atoms with van der Waals surface area (Å²) >= 11 is 2.05. The van der Waals surface area contributed by atoms with Crippen LogP contribution in [-0.2, 0) is 0 Å². The van der Waals surface area contributed by atoms with E-state index in [2.05, 4.69) is 35.5 Å². The smallest absolute Gasteiger partial charge is 0.191 e. The van der Waals surface area contributed by atoms with Crippen molar-refractivity contribution in [3.8, 4) is 0 Å². The van der Waals surface area contributed by atoms with Crippen molar-refractivity contribution in [3.05, 3.63) is 0 Å². The SMILES string of the molecule is CN=C(N)N1CCSC(C(C)C)C1.I. The van der Waals surface area contributed by atoms with Crippen LogP contribution in [0.5, 0.6) is 0 Å². The standard InChI is InChI=1S/C9H19N3S.HI/c1-7(2)8-6-12(4-5-13-8)9(10)11-3;/h7-8H,4-6H2,1-3H3,(H2,10,11);1H. The van der Waals surface area contributed by atoms with Crippen LogP contribution in [0.15, 0.2) is 4.99 Å². The monoisotopic (exact) mass is 329 g/mol. The first-order valence-electron chi connectivity index (χ1n) is 4.74. The minimum absolute atomic E-state index is 0.